The monoisotopic (exact) mass is 399 g/mol. The molecule has 2 aliphatic rings. The number of nitrogens with zero attached hydrogens (tertiary/aromatic N) is 6. The highest BCUT2D eigenvalue weighted by Crippen LogP contribution is 2.44. The molecule has 142 valence electrons. The second kappa shape index (κ2) is 6.52. The summed E-state index contributed by atoms with van der Waals surface area (Å²) in [6.07, 6.45) is 8.11. The lowest BCUT2D eigenvalue weighted by Gasteiger charge is -2.36. The molecule has 10 heteroatoms. The number of carbonyl (C=O) groups excluding carboxylic acids is 1. The molecular weight excluding hydrogens is 385 g/mol. The highest BCUT2D eigenvalue weighted by molar-refractivity contribution is 6.32. The lowest BCUT2D eigenvalue weighted by Crippen LogP contribution is -2.44. The van der Waals surface area contributed by atoms with E-state index in [0.717, 1.165) is 18.4 Å². The van der Waals surface area contributed by atoms with Gasteiger partial charge >= 0.3 is 6.03 Å². The van der Waals surface area contributed by atoms with E-state index in [-0.39, 0.29) is 18.1 Å². The van der Waals surface area contributed by atoms with Crippen LogP contribution in [0.1, 0.15) is 30.0 Å². The summed E-state index contributed by atoms with van der Waals surface area (Å²) in [6, 6.07) is 2.96. The Morgan fingerprint density at radius 2 is 2.04 bits per heavy atom. The van der Waals surface area contributed by atoms with Crippen LogP contribution in [0.25, 0.3) is 5.82 Å². The standard InChI is InChI=1S/C18H15ClFN7O/c19-14-7-10(9-22-17(14)27-23-5-6-24-27)25-18(28)26-11-1-2-15(26)12-3-4-21-16(20)13(12)8-11/h3-7,9,11,15H,1-2,8H2,(H,25,28)/t11-,15+/m0/s1. The minimum absolute atomic E-state index is 0.0489. The predicted octanol–water partition coefficient (Wildman–Crippen LogP) is 3.14. The lowest BCUT2D eigenvalue weighted by molar-refractivity contribution is 0.178. The molecule has 5 rings (SSSR count). The van der Waals surface area contributed by atoms with Crippen molar-refractivity contribution in [2.75, 3.05) is 5.32 Å². The number of aromatic nitrogens is 5. The Hall–Kier alpha value is -3.07. The minimum atomic E-state index is -0.437. The molecule has 2 atom stereocenters. The number of anilines is 1. The number of fused-ring (bicyclic) bond motifs is 4. The molecule has 3 aromatic heterocycles. The normalized spacial score (nSPS) is 20.1. The van der Waals surface area contributed by atoms with Gasteiger partial charge in [-0.2, -0.15) is 14.6 Å². The van der Waals surface area contributed by atoms with Crippen LogP contribution < -0.4 is 5.32 Å². The SMILES string of the molecule is O=C(Nc1cnc(-n2nccn2)c(Cl)c1)N1[C@H]2CC[C@@H]1c1ccnc(F)c1C2. The first-order valence-corrected chi connectivity index (χ1v) is 9.24. The number of urea groups is 1. The molecule has 2 aliphatic heterocycles. The van der Waals surface area contributed by atoms with Crippen LogP contribution in [0.3, 0.4) is 0 Å². The van der Waals surface area contributed by atoms with Crippen molar-refractivity contribution in [3.8, 4) is 5.82 Å². The van der Waals surface area contributed by atoms with E-state index in [0.29, 0.717) is 28.5 Å². The Morgan fingerprint density at radius 1 is 1.21 bits per heavy atom. The second-order valence-corrected chi connectivity index (χ2v) is 7.21. The average molecular weight is 400 g/mol. The molecule has 28 heavy (non-hydrogen) atoms. The zero-order valence-corrected chi connectivity index (χ0v) is 15.3. The maximum atomic E-state index is 14.1. The highest BCUT2D eigenvalue weighted by atomic mass is 35.5. The first kappa shape index (κ1) is 17.1. The molecular formula is C18H15ClFN7O. The van der Waals surface area contributed by atoms with Gasteiger partial charge in [-0.1, -0.05) is 11.6 Å². The topological polar surface area (TPSA) is 88.8 Å². The van der Waals surface area contributed by atoms with E-state index >= 15 is 0 Å². The van der Waals surface area contributed by atoms with Crippen molar-refractivity contribution in [1.82, 2.24) is 29.9 Å². The number of nitrogens with one attached hydrogen (secondary N) is 1. The van der Waals surface area contributed by atoms with E-state index in [1.54, 1.807) is 17.0 Å². The number of pyridine rings is 2. The number of halogens is 2. The molecule has 1 N–H and O–H groups in total. The molecule has 2 bridgehead atoms. The fourth-order valence-corrected chi connectivity index (χ4v) is 4.33. The van der Waals surface area contributed by atoms with Crippen molar-refractivity contribution in [3.63, 3.8) is 0 Å². The molecule has 0 saturated carbocycles. The van der Waals surface area contributed by atoms with Crippen LogP contribution in [0, 0.1) is 5.95 Å². The van der Waals surface area contributed by atoms with Gasteiger partial charge in [-0.3, -0.25) is 0 Å². The van der Waals surface area contributed by atoms with Crippen LogP contribution >= 0.6 is 11.6 Å². The van der Waals surface area contributed by atoms with Crippen molar-refractivity contribution in [2.24, 2.45) is 0 Å². The zero-order valence-electron chi connectivity index (χ0n) is 14.6. The van der Waals surface area contributed by atoms with E-state index in [1.165, 1.54) is 29.6 Å². The van der Waals surface area contributed by atoms with Crippen LogP contribution in [0.2, 0.25) is 5.02 Å². The molecule has 5 heterocycles. The molecule has 0 unspecified atom stereocenters. The molecule has 1 saturated heterocycles. The van der Waals surface area contributed by atoms with Crippen LogP contribution in [-0.2, 0) is 6.42 Å². The largest absolute Gasteiger partial charge is 0.322 e. The zero-order chi connectivity index (χ0) is 19.3. The van der Waals surface area contributed by atoms with Gasteiger partial charge in [-0.15, -0.1) is 4.80 Å². The molecule has 8 nitrogen and oxygen atoms in total. The Bertz CT molecular complexity index is 1060. The summed E-state index contributed by atoms with van der Waals surface area (Å²) in [4.78, 5) is 24.0. The quantitative estimate of drug-likeness (QED) is 0.669. The summed E-state index contributed by atoms with van der Waals surface area (Å²) in [5.74, 6) is -0.0622. The van der Waals surface area contributed by atoms with Crippen molar-refractivity contribution >= 4 is 23.3 Å². The molecule has 1 fully saturated rings. The smallest absolute Gasteiger partial charge is 0.314 e. The van der Waals surface area contributed by atoms with E-state index in [1.807, 2.05) is 0 Å². The molecule has 0 spiro atoms. The third kappa shape index (κ3) is 2.70. The van der Waals surface area contributed by atoms with Crippen LogP contribution in [0.5, 0.6) is 0 Å². The second-order valence-electron chi connectivity index (χ2n) is 6.81. The van der Waals surface area contributed by atoms with Gasteiger partial charge < -0.3 is 10.2 Å². The number of hydrogen-bond acceptors (Lipinski definition) is 5. The van der Waals surface area contributed by atoms with Gasteiger partial charge in [0.2, 0.25) is 5.95 Å². The number of hydrogen-bond donors (Lipinski definition) is 1. The Labute approximate surface area is 164 Å². The van der Waals surface area contributed by atoms with Crippen LogP contribution in [-0.4, -0.2) is 41.9 Å². The number of amides is 2. The van der Waals surface area contributed by atoms with E-state index in [9.17, 15) is 9.18 Å². The van der Waals surface area contributed by atoms with Crippen molar-refractivity contribution < 1.29 is 9.18 Å². The van der Waals surface area contributed by atoms with Crippen molar-refractivity contribution in [2.45, 2.75) is 31.3 Å². The predicted molar refractivity (Wildman–Crippen MR) is 98.7 cm³/mol. The van der Waals surface area contributed by atoms with Gasteiger partial charge in [-0.05, 0) is 37.0 Å². The molecule has 0 aromatic carbocycles. The summed E-state index contributed by atoms with van der Waals surface area (Å²) in [5, 5.41) is 11.2. The average Bonchev–Trinajstić information content (AvgIpc) is 3.30. The Morgan fingerprint density at radius 3 is 2.82 bits per heavy atom. The van der Waals surface area contributed by atoms with Crippen molar-refractivity contribution in [3.05, 3.63) is 59.0 Å². The third-order valence-corrected chi connectivity index (χ3v) is 5.53. The van der Waals surface area contributed by atoms with Crippen LogP contribution in [0.15, 0.2) is 36.9 Å². The third-order valence-electron chi connectivity index (χ3n) is 5.26. The molecule has 0 radical (unpaired) electrons. The van der Waals surface area contributed by atoms with E-state index in [4.69, 9.17) is 11.6 Å². The van der Waals surface area contributed by atoms with Gasteiger partial charge in [0.05, 0.1) is 35.3 Å². The number of rotatable bonds is 2. The summed E-state index contributed by atoms with van der Waals surface area (Å²) >= 11 is 6.27. The first-order chi connectivity index (χ1) is 13.6. The van der Waals surface area contributed by atoms with Gasteiger partial charge in [0.15, 0.2) is 5.82 Å². The minimum Gasteiger partial charge on any atom is -0.314 e. The van der Waals surface area contributed by atoms with Gasteiger partial charge in [0, 0.05) is 17.8 Å². The first-order valence-electron chi connectivity index (χ1n) is 8.86. The Kier molecular flexibility index (Phi) is 3.97. The van der Waals surface area contributed by atoms with Gasteiger partial charge in [0.1, 0.15) is 0 Å². The maximum absolute atomic E-state index is 14.1. The van der Waals surface area contributed by atoms with Gasteiger partial charge in [-0.25, -0.2) is 14.8 Å². The summed E-state index contributed by atoms with van der Waals surface area (Å²) in [5.41, 5.74) is 1.93. The molecule has 0 aliphatic carbocycles. The highest BCUT2D eigenvalue weighted by Gasteiger charge is 2.43. The van der Waals surface area contributed by atoms with Crippen molar-refractivity contribution in [1.29, 1.82) is 0 Å². The molecule has 3 aromatic rings. The fourth-order valence-electron chi connectivity index (χ4n) is 4.09. The Balaban J connectivity index is 1.39. The fraction of sp³-hybridized carbons (Fsp3) is 0.278. The van der Waals surface area contributed by atoms with E-state index < -0.39 is 5.95 Å². The summed E-state index contributed by atoms with van der Waals surface area (Å²) in [6.45, 7) is 0. The lowest BCUT2D eigenvalue weighted by atomic mass is 9.95. The summed E-state index contributed by atoms with van der Waals surface area (Å²) < 4.78 is 14.1. The number of carbonyl (C=O) groups is 1. The van der Waals surface area contributed by atoms with E-state index in [2.05, 4.69) is 25.5 Å². The van der Waals surface area contributed by atoms with Crippen LogP contribution in [0.4, 0.5) is 14.9 Å². The maximum Gasteiger partial charge on any atom is 0.322 e. The van der Waals surface area contributed by atoms with Gasteiger partial charge in [0.25, 0.3) is 0 Å². The summed E-state index contributed by atoms with van der Waals surface area (Å²) in [7, 11) is 0. The molecule has 2 amide bonds.